The molecule has 0 saturated heterocycles. The van der Waals surface area contributed by atoms with Gasteiger partial charge in [-0.1, -0.05) is 6.07 Å². The Morgan fingerprint density at radius 3 is 2.46 bits per heavy atom. The highest BCUT2D eigenvalue weighted by atomic mass is 16.5. The number of nitrogens with one attached hydrogen (secondary N) is 2. The largest absolute Gasteiger partial charge is 0.496 e. The van der Waals surface area contributed by atoms with Gasteiger partial charge in [-0.2, -0.15) is 0 Å². The van der Waals surface area contributed by atoms with E-state index in [1.54, 1.807) is 19.9 Å². The first kappa shape index (κ1) is 19.2. The number of benzene rings is 1. The summed E-state index contributed by atoms with van der Waals surface area (Å²) in [6.07, 6.45) is 0.479. The number of carboxylic acid groups (broad SMARTS) is 1. The Kier molecular flexibility index (Phi) is 5.82. The first-order valence-corrected chi connectivity index (χ1v) is 8.14. The first-order valence-electron chi connectivity index (χ1n) is 8.14. The number of carboxylic acids is 1. The minimum absolute atomic E-state index is 0.0847. The lowest BCUT2D eigenvalue weighted by molar-refractivity contribution is 0.0696. The van der Waals surface area contributed by atoms with Gasteiger partial charge in [0.05, 0.1) is 12.7 Å². The van der Waals surface area contributed by atoms with Gasteiger partial charge in [-0.3, -0.25) is 9.59 Å². The number of aryl methyl sites for hydroxylation is 1. The van der Waals surface area contributed by atoms with Gasteiger partial charge in [0, 0.05) is 17.8 Å². The van der Waals surface area contributed by atoms with Crippen molar-refractivity contribution in [1.29, 1.82) is 0 Å². The Hall–Kier alpha value is -3.09. The highest BCUT2D eigenvalue weighted by Gasteiger charge is 2.19. The fourth-order valence-electron chi connectivity index (χ4n) is 2.99. The summed E-state index contributed by atoms with van der Waals surface area (Å²) in [7, 11) is 1.47. The number of rotatable bonds is 7. The molecule has 7 nitrogen and oxygen atoms in total. The second kappa shape index (κ2) is 7.86. The molecule has 0 aliphatic carbocycles. The maximum absolute atomic E-state index is 12.4. The molecule has 26 heavy (non-hydrogen) atoms. The number of ketones is 1. The van der Waals surface area contributed by atoms with Crippen LogP contribution in [0.2, 0.25) is 0 Å². The van der Waals surface area contributed by atoms with Crippen LogP contribution in [0.25, 0.3) is 0 Å². The molecule has 1 aromatic heterocycles. The molecule has 0 atom stereocenters. The first-order chi connectivity index (χ1) is 12.3. The van der Waals surface area contributed by atoms with E-state index in [0.29, 0.717) is 41.2 Å². The molecule has 0 bridgehead atoms. The maximum Gasteiger partial charge on any atom is 0.335 e. The number of methoxy groups -OCH3 is 1. The third-order valence-corrected chi connectivity index (χ3v) is 4.23. The molecule has 0 unspecified atom stereocenters. The SMILES string of the molecule is COc1cc(C(=O)O)ccc1CCNC(=O)c1[nH]c(C)c(C(C)=O)c1C. The van der Waals surface area contributed by atoms with Gasteiger partial charge in [-0.05, 0) is 50.5 Å². The third-order valence-electron chi connectivity index (χ3n) is 4.23. The fourth-order valence-corrected chi connectivity index (χ4v) is 2.99. The Bertz CT molecular complexity index is 867. The summed E-state index contributed by atoms with van der Waals surface area (Å²) in [5.74, 6) is -0.940. The zero-order valence-corrected chi connectivity index (χ0v) is 15.2. The molecule has 2 aromatic rings. The van der Waals surface area contributed by atoms with Crippen molar-refractivity contribution in [3.05, 3.63) is 51.8 Å². The Morgan fingerprint density at radius 2 is 1.92 bits per heavy atom. The van der Waals surface area contributed by atoms with Crippen LogP contribution in [0.4, 0.5) is 0 Å². The number of Topliss-reactive ketones (excluding diaryl/α,β-unsaturated/α-hetero) is 1. The van der Waals surface area contributed by atoms with E-state index < -0.39 is 5.97 Å². The number of carbonyl (C=O) groups is 3. The molecule has 0 saturated carbocycles. The highest BCUT2D eigenvalue weighted by Crippen LogP contribution is 2.21. The minimum atomic E-state index is -1.03. The molecule has 138 valence electrons. The van der Waals surface area contributed by atoms with Crippen molar-refractivity contribution in [2.24, 2.45) is 0 Å². The lowest BCUT2D eigenvalue weighted by Crippen LogP contribution is -2.26. The average Bonchev–Trinajstić information content (AvgIpc) is 2.89. The van der Waals surface area contributed by atoms with E-state index in [1.807, 2.05) is 0 Å². The lowest BCUT2D eigenvalue weighted by Gasteiger charge is -2.10. The zero-order chi connectivity index (χ0) is 19.4. The standard InChI is InChI=1S/C19H22N2O5/c1-10-16(12(3)22)11(2)21-17(10)18(23)20-8-7-13-5-6-14(19(24)25)9-15(13)26-4/h5-6,9,21H,7-8H2,1-4H3,(H,20,23)(H,24,25). The second-order valence-corrected chi connectivity index (χ2v) is 6.02. The van der Waals surface area contributed by atoms with E-state index in [2.05, 4.69) is 10.3 Å². The van der Waals surface area contributed by atoms with E-state index in [1.165, 1.54) is 26.2 Å². The molecule has 0 fully saturated rings. The number of aromatic carboxylic acids is 1. The van der Waals surface area contributed by atoms with Crippen molar-refractivity contribution in [3.63, 3.8) is 0 Å². The van der Waals surface area contributed by atoms with Crippen LogP contribution in [0.3, 0.4) is 0 Å². The van der Waals surface area contributed by atoms with Gasteiger partial charge in [0.15, 0.2) is 5.78 Å². The molecule has 3 N–H and O–H groups in total. The summed E-state index contributed by atoms with van der Waals surface area (Å²) >= 11 is 0. The molecule has 0 spiro atoms. The summed E-state index contributed by atoms with van der Waals surface area (Å²) in [4.78, 5) is 38.0. The molecule has 0 radical (unpaired) electrons. The molecule has 0 aliphatic heterocycles. The second-order valence-electron chi connectivity index (χ2n) is 6.02. The van der Waals surface area contributed by atoms with Gasteiger partial charge in [-0.15, -0.1) is 0 Å². The lowest BCUT2D eigenvalue weighted by atomic mass is 10.1. The maximum atomic E-state index is 12.4. The number of aromatic amines is 1. The predicted molar refractivity (Wildman–Crippen MR) is 96.3 cm³/mol. The number of ether oxygens (including phenoxy) is 1. The van der Waals surface area contributed by atoms with Crippen molar-refractivity contribution in [2.45, 2.75) is 27.2 Å². The number of amides is 1. The monoisotopic (exact) mass is 358 g/mol. The number of hydrogen-bond donors (Lipinski definition) is 3. The average molecular weight is 358 g/mol. The Balaban J connectivity index is 2.06. The van der Waals surface area contributed by atoms with Crippen LogP contribution in [-0.4, -0.2) is 41.4 Å². The van der Waals surface area contributed by atoms with Crippen molar-refractivity contribution < 1.29 is 24.2 Å². The zero-order valence-electron chi connectivity index (χ0n) is 15.2. The quantitative estimate of drug-likeness (QED) is 0.659. The number of aromatic nitrogens is 1. The van der Waals surface area contributed by atoms with Crippen LogP contribution in [0, 0.1) is 13.8 Å². The van der Waals surface area contributed by atoms with Crippen LogP contribution in [0.5, 0.6) is 5.75 Å². The summed E-state index contributed by atoms with van der Waals surface area (Å²) in [5, 5.41) is 11.8. The summed E-state index contributed by atoms with van der Waals surface area (Å²) in [6, 6.07) is 4.63. The van der Waals surface area contributed by atoms with Gasteiger partial charge in [0.1, 0.15) is 11.4 Å². The van der Waals surface area contributed by atoms with Crippen molar-refractivity contribution >= 4 is 17.7 Å². The molecule has 1 heterocycles. The predicted octanol–water partition coefficient (Wildman–Crippen LogP) is 2.51. The molecular formula is C19H22N2O5. The van der Waals surface area contributed by atoms with Crippen LogP contribution in [0.15, 0.2) is 18.2 Å². The third kappa shape index (κ3) is 3.93. The van der Waals surface area contributed by atoms with Gasteiger partial charge in [-0.25, -0.2) is 4.79 Å². The topological polar surface area (TPSA) is 108 Å². The van der Waals surface area contributed by atoms with Crippen LogP contribution >= 0.6 is 0 Å². The van der Waals surface area contributed by atoms with Crippen LogP contribution < -0.4 is 10.1 Å². The molecule has 2 rings (SSSR count). The van der Waals surface area contributed by atoms with E-state index >= 15 is 0 Å². The summed E-state index contributed by atoms with van der Waals surface area (Å²) in [6.45, 7) is 5.31. The van der Waals surface area contributed by atoms with Crippen molar-refractivity contribution in [3.8, 4) is 5.75 Å². The van der Waals surface area contributed by atoms with Gasteiger partial charge < -0.3 is 20.1 Å². The molecule has 7 heteroatoms. The number of carbonyl (C=O) groups excluding carboxylic acids is 2. The molecule has 1 amide bonds. The van der Waals surface area contributed by atoms with Crippen molar-refractivity contribution in [2.75, 3.05) is 13.7 Å². The molecule has 1 aromatic carbocycles. The van der Waals surface area contributed by atoms with E-state index in [0.717, 1.165) is 5.56 Å². The van der Waals surface area contributed by atoms with Gasteiger partial charge in [0.25, 0.3) is 5.91 Å². The van der Waals surface area contributed by atoms with Gasteiger partial charge in [0.2, 0.25) is 0 Å². The Labute approximate surface area is 151 Å². The Morgan fingerprint density at radius 1 is 1.23 bits per heavy atom. The molecule has 0 aliphatic rings. The summed E-state index contributed by atoms with van der Waals surface area (Å²) in [5.41, 5.74) is 3.16. The van der Waals surface area contributed by atoms with E-state index in [-0.39, 0.29) is 17.3 Å². The fraction of sp³-hybridized carbons (Fsp3) is 0.316. The smallest absolute Gasteiger partial charge is 0.335 e. The minimum Gasteiger partial charge on any atom is -0.496 e. The number of H-pyrrole nitrogens is 1. The molecular weight excluding hydrogens is 336 g/mol. The highest BCUT2D eigenvalue weighted by molar-refractivity contribution is 6.02. The number of hydrogen-bond acceptors (Lipinski definition) is 4. The normalized spacial score (nSPS) is 10.5. The summed E-state index contributed by atoms with van der Waals surface area (Å²) < 4.78 is 5.22. The van der Waals surface area contributed by atoms with Gasteiger partial charge >= 0.3 is 5.97 Å². The van der Waals surface area contributed by atoms with E-state index in [9.17, 15) is 14.4 Å². The van der Waals surface area contributed by atoms with Crippen LogP contribution in [-0.2, 0) is 6.42 Å². The van der Waals surface area contributed by atoms with Crippen LogP contribution in [0.1, 0.15) is 54.9 Å². The van der Waals surface area contributed by atoms with Crippen molar-refractivity contribution in [1.82, 2.24) is 10.3 Å². The van der Waals surface area contributed by atoms with E-state index in [4.69, 9.17) is 9.84 Å².